The zero-order chi connectivity index (χ0) is 22.6. The van der Waals surface area contributed by atoms with Crippen LogP contribution in [0.15, 0.2) is 77.7 Å². The minimum Gasteiger partial charge on any atom is -0.320 e. The SMILES string of the molecule is O=C(CN(c1ccccc1[N+](=O)[O-])S(=O)(=O)c1ccccc1)Nc1c(F)cccc1F. The number of sulfonamides is 1. The molecule has 0 aliphatic heterocycles. The third kappa shape index (κ3) is 4.67. The van der Waals surface area contributed by atoms with Gasteiger partial charge in [0.15, 0.2) is 0 Å². The van der Waals surface area contributed by atoms with Gasteiger partial charge < -0.3 is 5.32 Å². The summed E-state index contributed by atoms with van der Waals surface area (Å²) in [4.78, 5) is 23.0. The summed E-state index contributed by atoms with van der Waals surface area (Å²) in [6, 6.07) is 14.8. The van der Waals surface area contributed by atoms with Crippen molar-refractivity contribution in [2.45, 2.75) is 4.90 Å². The van der Waals surface area contributed by atoms with Gasteiger partial charge in [-0.15, -0.1) is 0 Å². The average molecular weight is 447 g/mol. The lowest BCUT2D eigenvalue weighted by Crippen LogP contribution is -2.38. The fourth-order valence-corrected chi connectivity index (χ4v) is 4.23. The molecule has 31 heavy (non-hydrogen) atoms. The molecule has 0 heterocycles. The number of nitro groups is 1. The summed E-state index contributed by atoms with van der Waals surface area (Å²) in [6.07, 6.45) is 0. The normalized spacial score (nSPS) is 11.0. The largest absolute Gasteiger partial charge is 0.320 e. The molecule has 3 aromatic rings. The van der Waals surface area contributed by atoms with Gasteiger partial charge in [0, 0.05) is 6.07 Å². The highest BCUT2D eigenvalue weighted by molar-refractivity contribution is 7.92. The summed E-state index contributed by atoms with van der Waals surface area (Å²) in [5, 5.41) is 13.4. The van der Waals surface area contributed by atoms with Crippen LogP contribution in [0.5, 0.6) is 0 Å². The van der Waals surface area contributed by atoms with Crippen LogP contribution in [0.25, 0.3) is 0 Å². The van der Waals surface area contributed by atoms with Crippen molar-refractivity contribution in [3.05, 3.63) is 94.5 Å². The first-order valence-corrected chi connectivity index (χ1v) is 10.2. The van der Waals surface area contributed by atoms with Gasteiger partial charge >= 0.3 is 0 Å². The number of rotatable bonds is 7. The second kappa shape index (κ2) is 8.88. The van der Waals surface area contributed by atoms with Crippen LogP contribution in [0.2, 0.25) is 0 Å². The number of hydrogen-bond acceptors (Lipinski definition) is 5. The molecule has 0 saturated carbocycles. The molecule has 0 radical (unpaired) electrons. The Bertz CT molecular complexity index is 1220. The number of carbonyl (C=O) groups is 1. The first-order chi connectivity index (χ1) is 14.7. The topological polar surface area (TPSA) is 110 Å². The van der Waals surface area contributed by atoms with Crippen LogP contribution < -0.4 is 9.62 Å². The van der Waals surface area contributed by atoms with Crippen LogP contribution in [-0.4, -0.2) is 25.8 Å². The van der Waals surface area contributed by atoms with E-state index in [1.807, 2.05) is 5.32 Å². The predicted molar refractivity (Wildman–Crippen MR) is 109 cm³/mol. The molecule has 0 saturated heterocycles. The standard InChI is InChI=1S/C20H15F2N3O5S/c21-15-9-6-10-16(22)20(15)23-19(26)13-24(17-11-4-5-12-18(17)25(27)28)31(29,30)14-7-2-1-3-8-14/h1-12H,13H2,(H,23,26). The molecule has 0 spiro atoms. The van der Waals surface area contributed by atoms with Gasteiger partial charge in [-0.25, -0.2) is 21.5 Å². The average Bonchev–Trinajstić information content (AvgIpc) is 2.75. The Labute approximate surface area is 175 Å². The molecule has 1 N–H and O–H groups in total. The molecule has 0 unspecified atom stereocenters. The predicted octanol–water partition coefficient (Wildman–Crippen LogP) is 3.71. The number of hydrogen-bond donors (Lipinski definition) is 1. The molecule has 0 aliphatic carbocycles. The molecule has 1 amide bonds. The highest BCUT2D eigenvalue weighted by Crippen LogP contribution is 2.32. The molecule has 3 rings (SSSR count). The van der Waals surface area contributed by atoms with E-state index in [4.69, 9.17) is 0 Å². The van der Waals surface area contributed by atoms with Crippen molar-refractivity contribution in [1.82, 2.24) is 0 Å². The Morgan fingerprint density at radius 2 is 1.52 bits per heavy atom. The van der Waals surface area contributed by atoms with Gasteiger partial charge in [-0.2, -0.15) is 0 Å². The molecule has 0 aromatic heterocycles. The van der Waals surface area contributed by atoms with Gasteiger partial charge in [-0.3, -0.25) is 14.9 Å². The third-order valence-electron chi connectivity index (χ3n) is 4.19. The fourth-order valence-electron chi connectivity index (χ4n) is 2.78. The highest BCUT2D eigenvalue weighted by Gasteiger charge is 2.32. The number of amides is 1. The van der Waals surface area contributed by atoms with E-state index in [0.29, 0.717) is 4.31 Å². The van der Waals surface area contributed by atoms with Gasteiger partial charge in [0.25, 0.3) is 15.7 Å². The van der Waals surface area contributed by atoms with Gasteiger partial charge in [0.05, 0.1) is 9.82 Å². The van der Waals surface area contributed by atoms with Crippen molar-refractivity contribution in [3.63, 3.8) is 0 Å². The van der Waals surface area contributed by atoms with Gasteiger partial charge in [-0.05, 0) is 30.3 Å². The van der Waals surface area contributed by atoms with Crippen LogP contribution in [-0.2, 0) is 14.8 Å². The fraction of sp³-hybridized carbons (Fsp3) is 0.0500. The Morgan fingerprint density at radius 3 is 2.13 bits per heavy atom. The summed E-state index contributed by atoms with van der Waals surface area (Å²) in [5.41, 5.74) is -1.69. The van der Waals surface area contributed by atoms with Crippen LogP contribution in [0.3, 0.4) is 0 Å². The first kappa shape index (κ1) is 21.8. The number of para-hydroxylation sites is 3. The first-order valence-electron chi connectivity index (χ1n) is 8.77. The summed E-state index contributed by atoms with van der Waals surface area (Å²) >= 11 is 0. The number of anilines is 2. The third-order valence-corrected chi connectivity index (χ3v) is 5.97. The quantitative estimate of drug-likeness (QED) is 0.439. The van der Waals surface area contributed by atoms with E-state index in [1.165, 1.54) is 36.4 Å². The number of nitrogens with zero attached hydrogens (tertiary/aromatic N) is 2. The maximum Gasteiger partial charge on any atom is 0.293 e. The molecular formula is C20H15F2N3O5S. The van der Waals surface area contributed by atoms with E-state index in [9.17, 15) is 32.1 Å². The molecule has 0 bridgehead atoms. The monoisotopic (exact) mass is 447 g/mol. The van der Waals surface area contributed by atoms with Crippen molar-refractivity contribution in [3.8, 4) is 0 Å². The highest BCUT2D eigenvalue weighted by atomic mass is 32.2. The van der Waals surface area contributed by atoms with Crippen LogP contribution in [0, 0.1) is 21.7 Å². The van der Waals surface area contributed by atoms with E-state index in [1.54, 1.807) is 6.07 Å². The van der Waals surface area contributed by atoms with Crippen LogP contribution in [0.1, 0.15) is 0 Å². The molecule has 8 nitrogen and oxygen atoms in total. The summed E-state index contributed by atoms with van der Waals surface area (Å²) in [5.74, 6) is -3.21. The number of nitrogens with one attached hydrogen (secondary N) is 1. The van der Waals surface area contributed by atoms with Crippen LogP contribution >= 0.6 is 0 Å². The van der Waals surface area contributed by atoms with Gasteiger partial charge in [-0.1, -0.05) is 36.4 Å². The molecular weight excluding hydrogens is 432 g/mol. The second-order valence-corrected chi connectivity index (χ2v) is 8.08. The van der Waals surface area contributed by atoms with E-state index < -0.39 is 50.4 Å². The molecule has 0 atom stereocenters. The summed E-state index contributed by atoms with van der Waals surface area (Å²) in [7, 11) is -4.44. The molecule has 11 heteroatoms. The molecule has 0 aliphatic rings. The lowest BCUT2D eigenvalue weighted by molar-refractivity contribution is -0.384. The van der Waals surface area contributed by atoms with Crippen LogP contribution in [0.4, 0.5) is 25.8 Å². The lowest BCUT2D eigenvalue weighted by atomic mass is 10.2. The Balaban J connectivity index is 2.05. The van der Waals surface area contributed by atoms with Gasteiger partial charge in [0.2, 0.25) is 5.91 Å². The molecule has 160 valence electrons. The Hall–Kier alpha value is -3.86. The Kier molecular flexibility index (Phi) is 6.25. The van der Waals surface area contributed by atoms with Crippen molar-refractivity contribution in [2.24, 2.45) is 0 Å². The van der Waals surface area contributed by atoms with E-state index >= 15 is 0 Å². The minimum atomic E-state index is -4.44. The Morgan fingerprint density at radius 1 is 0.935 bits per heavy atom. The maximum absolute atomic E-state index is 13.9. The molecule has 0 fully saturated rings. The summed E-state index contributed by atoms with van der Waals surface area (Å²) < 4.78 is 54.7. The van der Waals surface area contributed by atoms with E-state index in [2.05, 4.69) is 0 Å². The van der Waals surface area contributed by atoms with E-state index in [-0.39, 0.29) is 10.6 Å². The van der Waals surface area contributed by atoms with Crippen molar-refractivity contribution in [2.75, 3.05) is 16.2 Å². The maximum atomic E-state index is 13.9. The second-order valence-electron chi connectivity index (χ2n) is 6.22. The zero-order valence-corrected chi connectivity index (χ0v) is 16.6. The number of halogens is 2. The number of carbonyl (C=O) groups excluding carboxylic acids is 1. The van der Waals surface area contributed by atoms with Crippen molar-refractivity contribution in [1.29, 1.82) is 0 Å². The minimum absolute atomic E-state index is 0.224. The summed E-state index contributed by atoms with van der Waals surface area (Å²) in [6.45, 7) is -0.962. The number of benzene rings is 3. The zero-order valence-electron chi connectivity index (χ0n) is 15.7. The smallest absolute Gasteiger partial charge is 0.293 e. The number of nitro benzene ring substituents is 1. The lowest BCUT2D eigenvalue weighted by Gasteiger charge is -2.24. The van der Waals surface area contributed by atoms with Crippen molar-refractivity contribution >= 4 is 33.0 Å². The van der Waals surface area contributed by atoms with E-state index in [0.717, 1.165) is 30.3 Å². The van der Waals surface area contributed by atoms with Crippen molar-refractivity contribution < 1.29 is 26.9 Å². The molecule has 3 aromatic carbocycles. The van der Waals surface area contributed by atoms with Gasteiger partial charge in [0.1, 0.15) is 29.6 Å².